The van der Waals surface area contributed by atoms with Crippen LogP contribution in [0.4, 0.5) is 40.7 Å². The number of alkyl halides is 3. The van der Waals surface area contributed by atoms with Crippen molar-refractivity contribution in [1.82, 2.24) is 14.7 Å². The predicted octanol–water partition coefficient (Wildman–Crippen LogP) is 4.15. The third-order valence-electron chi connectivity index (χ3n) is 4.88. The van der Waals surface area contributed by atoms with Crippen LogP contribution in [0.3, 0.4) is 0 Å². The Kier molecular flexibility index (Phi) is 6.26. The van der Waals surface area contributed by atoms with Gasteiger partial charge in [-0.3, -0.25) is 0 Å². The van der Waals surface area contributed by atoms with Crippen LogP contribution in [0.5, 0.6) is 5.75 Å². The van der Waals surface area contributed by atoms with Crippen LogP contribution in [0.25, 0.3) is 11.1 Å². The highest BCUT2D eigenvalue weighted by Crippen LogP contribution is 2.28. The number of oxazole rings is 1. The first-order chi connectivity index (χ1) is 17.0. The number of hydrogen-bond donors (Lipinski definition) is 2. The summed E-state index contributed by atoms with van der Waals surface area (Å²) in [5.41, 5.74) is 1.36. The van der Waals surface area contributed by atoms with Gasteiger partial charge in [-0.25, -0.2) is 19.0 Å². The van der Waals surface area contributed by atoms with E-state index in [0.29, 0.717) is 22.6 Å². The molecule has 0 unspecified atom stereocenters. The quantitative estimate of drug-likeness (QED) is 0.371. The molecular formula is C22H17F4N5O5. The Morgan fingerprint density at radius 1 is 1.08 bits per heavy atom. The van der Waals surface area contributed by atoms with Gasteiger partial charge in [-0.05, 0) is 43.7 Å². The minimum absolute atomic E-state index is 0.0358. The van der Waals surface area contributed by atoms with Crippen LogP contribution >= 0.6 is 0 Å². The van der Waals surface area contributed by atoms with Gasteiger partial charge < -0.3 is 24.6 Å². The lowest BCUT2D eigenvalue weighted by Gasteiger charge is -2.13. The molecule has 14 heteroatoms. The first kappa shape index (κ1) is 24.5. The average Bonchev–Trinajstić information content (AvgIpc) is 3.12. The molecule has 0 saturated heterocycles. The van der Waals surface area contributed by atoms with Crippen LogP contribution in [0.1, 0.15) is 11.1 Å². The van der Waals surface area contributed by atoms with Crippen molar-refractivity contribution in [3.8, 4) is 5.75 Å². The number of carbonyl (C=O) groups excluding carboxylic acids is 1. The van der Waals surface area contributed by atoms with Crippen LogP contribution in [-0.2, 0) is 4.79 Å². The summed E-state index contributed by atoms with van der Waals surface area (Å²) in [5, 5.41) is 5.90. The van der Waals surface area contributed by atoms with E-state index < -0.39 is 23.7 Å². The van der Waals surface area contributed by atoms with Crippen LogP contribution in [0.2, 0.25) is 0 Å². The molecule has 2 aromatic carbocycles. The van der Waals surface area contributed by atoms with E-state index in [9.17, 15) is 27.2 Å². The van der Waals surface area contributed by atoms with Crippen LogP contribution in [-0.4, -0.2) is 34.0 Å². The van der Waals surface area contributed by atoms with Gasteiger partial charge in [0.25, 0.3) is 0 Å². The summed E-state index contributed by atoms with van der Waals surface area (Å²) in [6.07, 6.45) is -3.81. The number of anilines is 4. The van der Waals surface area contributed by atoms with E-state index in [4.69, 9.17) is 9.15 Å². The molecule has 10 nitrogen and oxygen atoms in total. The molecule has 4 rings (SSSR count). The van der Waals surface area contributed by atoms with Crippen molar-refractivity contribution in [2.45, 2.75) is 20.0 Å². The Morgan fingerprint density at radius 2 is 1.83 bits per heavy atom. The lowest BCUT2D eigenvalue weighted by Crippen LogP contribution is -2.36. The Balaban J connectivity index is 1.63. The van der Waals surface area contributed by atoms with Crippen LogP contribution in [0.15, 0.2) is 45.7 Å². The van der Waals surface area contributed by atoms with Gasteiger partial charge in [-0.2, -0.15) is 18.2 Å². The van der Waals surface area contributed by atoms with E-state index in [1.165, 1.54) is 37.6 Å². The number of fused-ring (bicyclic) bond motifs is 1. The number of nitrogens with one attached hydrogen (secondary N) is 2. The fourth-order valence-electron chi connectivity index (χ4n) is 3.15. The number of benzene rings is 2. The van der Waals surface area contributed by atoms with Crippen LogP contribution in [0, 0.1) is 19.7 Å². The minimum Gasteiger partial charge on any atom is -0.494 e. The van der Waals surface area contributed by atoms with Gasteiger partial charge >= 0.3 is 17.9 Å². The third kappa shape index (κ3) is 4.92. The second kappa shape index (κ2) is 9.20. The van der Waals surface area contributed by atoms with E-state index in [1.54, 1.807) is 19.9 Å². The fourth-order valence-corrected chi connectivity index (χ4v) is 3.15. The van der Waals surface area contributed by atoms with Crippen molar-refractivity contribution >= 4 is 40.2 Å². The molecule has 0 aliphatic rings. The normalized spacial score (nSPS) is 11.4. The minimum atomic E-state index is -5.31. The highest BCUT2D eigenvalue weighted by atomic mass is 19.4. The van der Waals surface area contributed by atoms with Crippen LogP contribution < -0.4 is 26.0 Å². The molecule has 0 aliphatic heterocycles. The average molecular weight is 507 g/mol. The van der Waals surface area contributed by atoms with Crippen molar-refractivity contribution in [3.63, 3.8) is 0 Å². The molecule has 2 aromatic heterocycles. The number of hydrogen-bond acceptors (Lipinski definition) is 9. The van der Waals surface area contributed by atoms with Crippen molar-refractivity contribution in [2.24, 2.45) is 0 Å². The first-order valence-electron chi connectivity index (χ1n) is 10.1. The number of rotatable bonds is 6. The van der Waals surface area contributed by atoms with E-state index in [-0.39, 0.29) is 33.2 Å². The lowest BCUT2D eigenvalue weighted by atomic mass is 10.2. The van der Waals surface area contributed by atoms with E-state index in [2.05, 4.69) is 25.4 Å². The molecule has 0 atom stereocenters. The smallest absolute Gasteiger partial charge is 0.493 e. The zero-order valence-electron chi connectivity index (χ0n) is 18.9. The third-order valence-corrected chi connectivity index (χ3v) is 4.88. The molecular weight excluding hydrogens is 490 g/mol. The number of ether oxygens (including phenoxy) is 1. The first-order valence-corrected chi connectivity index (χ1v) is 10.1. The number of halogens is 4. The Morgan fingerprint density at radius 3 is 2.53 bits per heavy atom. The van der Waals surface area contributed by atoms with Crippen molar-refractivity contribution in [1.29, 1.82) is 0 Å². The molecule has 0 saturated carbocycles. The molecule has 0 aliphatic carbocycles. The fraction of sp³-hybridized carbons (Fsp3) is 0.182. The van der Waals surface area contributed by atoms with Gasteiger partial charge in [0.05, 0.1) is 7.11 Å². The van der Waals surface area contributed by atoms with Crippen molar-refractivity contribution in [3.05, 3.63) is 64.0 Å². The van der Waals surface area contributed by atoms with E-state index in [1.807, 2.05) is 0 Å². The lowest BCUT2D eigenvalue weighted by molar-refractivity contribution is -0.200. The molecule has 188 valence electrons. The maximum absolute atomic E-state index is 14.0. The monoisotopic (exact) mass is 507 g/mol. The van der Waals surface area contributed by atoms with Crippen molar-refractivity contribution in [2.75, 3.05) is 17.7 Å². The summed E-state index contributed by atoms with van der Waals surface area (Å²) in [6, 6.07) is 7.01. The van der Waals surface area contributed by atoms with Gasteiger partial charge in [0.15, 0.2) is 17.1 Å². The molecule has 0 amide bonds. The molecule has 0 radical (unpaired) electrons. The summed E-state index contributed by atoms with van der Waals surface area (Å²) in [6.45, 7) is 3.28. The van der Waals surface area contributed by atoms with Gasteiger partial charge in [0, 0.05) is 29.2 Å². The maximum atomic E-state index is 14.0. The molecule has 4 aromatic rings. The molecule has 2 heterocycles. The molecule has 0 bridgehead atoms. The Hall–Kier alpha value is -4.62. The van der Waals surface area contributed by atoms with Gasteiger partial charge in [0.2, 0.25) is 5.95 Å². The predicted molar refractivity (Wildman–Crippen MR) is 119 cm³/mol. The number of carbonyl (C=O) groups is 1. The largest absolute Gasteiger partial charge is 0.494 e. The van der Waals surface area contributed by atoms with Crippen molar-refractivity contribution < 1.29 is 36.3 Å². The summed E-state index contributed by atoms with van der Waals surface area (Å²) in [5.74, 6) is -3.90. The molecule has 0 spiro atoms. The van der Waals surface area contributed by atoms with Gasteiger partial charge in [-0.15, -0.1) is 0 Å². The second-order valence-electron chi connectivity index (χ2n) is 7.51. The zero-order chi connectivity index (χ0) is 26.2. The summed E-state index contributed by atoms with van der Waals surface area (Å²) >= 11 is 0. The number of methoxy groups -OCH3 is 1. The topological polar surface area (TPSA) is 121 Å². The zero-order valence-corrected chi connectivity index (χ0v) is 18.9. The van der Waals surface area contributed by atoms with Gasteiger partial charge in [-0.1, -0.05) is 4.73 Å². The van der Waals surface area contributed by atoms with Gasteiger partial charge in [0.1, 0.15) is 11.3 Å². The molecule has 36 heavy (non-hydrogen) atoms. The Bertz CT molecular complexity index is 1530. The second-order valence-corrected chi connectivity index (χ2v) is 7.51. The molecule has 0 fully saturated rings. The summed E-state index contributed by atoms with van der Waals surface area (Å²) in [7, 11) is 1.34. The summed E-state index contributed by atoms with van der Waals surface area (Å²) in [4.78, 5) is 35.8. The number of nitrogens with zero attached hydrogens (tertiary/aromatic N) is 3. The number of aryl methyl sites for hydroxylation is 2. The van der Waals surface area contributed by atoms with E-state index >= 15 is 0 Å². The Labute approximate surface area is 199 Å². The SMILES string of the molecule is COc1cc(Nc2ncc(C)c(Nc3ccc4oc(=O)n(OC(=O)C(F)(F)F)c4c3)n2)cc(C)c1F. The molecule has 2 N–H and O–H groups in total. The maximum Gasteiger partial charge on any atom is 0.493 e. The number of aromatic nitrogens is 3. The standard InChI is InChI=1S/C22H17F4N5O5/c1-10-6-13(8-16(34-3)17(10)23)29-20-27-9-11(2)18(30-20)28-12-4-5-15-14(7-12)31(21(33)35-15)36-19(32)22(24,25)26/h4-9H,1-3H3,(H2,27,28,29,30). The highest BCUT2D eigenvalue weighted by molar-refractivity contribution is 5.81. The summed E-state index contributed by atoms with van der Waals surface area (Å²) < 4.78 is 61.8. The highest BCUT2D eigenvalue weighted by Gasteiger charge is 2.42. The van der Waals surface area contributed by atoms with E-state index in [0.717, 1.165) is 0 Å².